The molecular formula is C10H4BrF3N2S. The smallest absolute Gasteiger partial charge is 0.349 e. The van der Waals surface area contributed by atoms with Gasteiger partial charge < -0.3 is 4.98 Å². The van der Waals surface area contributed by atoms with Gasteiger partial charge in [-0.25, -0.2) is 0 Å². The van der Waals surface area contributed by atoms with Crippen molar-refractivity contribution in [1.29, 1.82) is 5.26 Å². The van der Waals surface area contributed by atoms with Crippen LogP contribution in [-0.4, -0.2) is 4.98 Å². The van der Waals surface area contributed by atoms with Gasteiger partial charge in [-0.2, -0.15) is 18.4 Å². The van der Waals surface area contributed by atoms with Gasteiger partial charge in [0.05, 0.1) is 16.1 Å². The predicted molar refractivity (Wildman–Crippen MR) is 61.5 cm³/mol. The second-order valence-corrected chi connectivity index (χ2v) is 5.04. The third-order valence-corrected chi connectivity index (χ3v) is 3.77. The number of aromatic amines is 1. The number of thiophene rings is 1. The molecule has 0 amide bonds. The SMILES string of the molecule is N#Cc1cc(C(F)(F)F)[nH]c1-c1cc(Br)cs1. The van der Waals surface area contributed by atoms with Gasteiger partial charge in [-0.05, 0) is 28.1 Å². The van der Waals surface area contributed by atoms with Crippen LogP contribution in [0.5, 0.6) is 0 Å². The molecule has 2 heterocycles. The Morgan fingerprint density at radius 3 is 2.53 bits per heavy atom. The average molecular weight is 321 g/mol. The van der Waals surface area contributed by atoms with E-state index in [1.807, 2.05) is 0 Å². The van der Waals surface area contributed by atoms with E-state index in [4.69, 9.17) is 5.26 Å². The zero-order valence-electron chi connectivity index (χ0n) is 8.10. The highest BCUT2D eigenvalue weighted by atomic mass is 79.9. The number of rotatable bonds is 1. The van der Waals surface area contributed by atoms with Crippen LogP contribution in [0, 0.1) is 11.3 Å². The summed E-state index contributed by atoms with van der Waals surface area (Å²) in [6, 6.07) is 4.24. The predicted octanol–water partition coefficient (Wildman–Crippen LogP) is 4.40. The van der Waals surface area contributed by atoms with E-state index in [2.05, 4.69) is 20.9 Å². The number of hydrogen-bond acceptors (Lipinski definition) is 2. The fourth-order valence-electron chi connectivity index (χ4n) is 1.33. The maximum absolute atomic E-state index is 12.5. The van der Waals surface area contributed by atoms with Gasteiger partial charge in [0.25, 0.3) is 0 Å². The molecule has 0 saturated carbocycles. The number of hydrogen-bond donors (Lipinski definition) is 1. The number of nitriles is 1. The molecule has 0 unspecified atom stereocenters. The third-order valence-electron chi connectivity index (χ3n) is 2.06. The van der Waals surface area contributed by atoms with E-state index in [1.54, 1.807) is 17.5 Å². The molecule has 1 N–H and O–H groups in total. The molecule has 0 atom stereocenters. The number of H-pyrrole nitrogens is 1. The molecule has 0 aliphatic carbocycles. The van der Waals surface area contributed by atoms with Crippen LogP contribution < -0.4 is 0 Å². The first kappa shape index (κ1) is 12.2. The quantitative estimate of drug-likeness (QED) is 0.831. The Morgan fingerprint density at radius 2 is 2.06 bits per heavy atom. The molecule has 0 aliphatic rings. The highest BCUT2D eigenvalue weighted by molar-refractivity contribution is 9.10. The maximum atomic E-state index is 12.5. The Hall–Kier alpha value is -1.26. The summed E-state index contributed by atoms with van der Waals surface area (Å²) in [4.78, 5) is 2.83. The second-order valence-electron chi connectivity index (χ2n) is 3.21. The first-order chi connectivity index (χ1) is 7.91. The highest BCUT2D eigenvalue weighted by Crippen LogP contribution is 2.36. The van der Waals surface area contributed by atoms with Crippen molar-refractivity contribution in [3.8, 4) is 16.6 Å². The van der Waals surface area contributed by atoms with E-state index in [-0.39, 0.29) is 11.3 Å². The molecule has 0 fully saturated rings. The fourth-order valence-corrected chi connectivity index (χ4v) is 2.78. The van der Waals surface area contributed by atoms with Crippen molar-refractivity contribution >= 4 is 27.3 Å². The molecular weight excluding hydrogens is 317 g/mol. The molecule has 2 rings (SSSR count). The molecule has 7 heteroatoms. The fraction of sp³-hybridized carbons (Fsp3) is 0.100. The number of nitrogens with zero attached hydrogens (tertiary/aromatic N) is 1. The van der Waals surface area contributed by atoms with E-state index < -0.39 is 11.9 Å². The normalized spacial score (nSPS) is 11.5. The summed E-state index contributed by atoms with van der Waals surface area (Å²) >= 11 is 4.47. The van der Waals surface area contributed by atoms with E-state index in [0.29, 0.717) is 4.88 Å². The zero-order chi connectivity index (χ0) is 12.6. The van der Waals surface area contributed by atoms with Crippen molar-refractivity contribution in [2.45, 2.75) is 6.18 Å². The van der Waals surface area contributed by atoms with E-state index in [9.17, 15) is 13.2 Å². The van der Waals surface area contributed by atoms with E-state index in [1.165, 1.54) is 11.3 Å². The Labute approximate surface area is 107 Å². The largest absolute Gasteiger partial charge is 0.431 e. The van der Waals surface area contributed by atoms with Crippen LogP contribution in [0.1, 0.15) is 11.3 Å². The molecule has 2 aromatic rings. The van der Waals surface area contributed by atoms with Crippen LogP contribution in [0.2, 0.25) is 0 Å². The van der Waals surface area contributed by atoms with Gasteiger partial charge in [-0.3, -0.25) is 0 Å². The van der Waals surface area contributed by atoms with E-state index in [0.717, 1.165) is 10.5 Å². The standard InChI is InChI=1S/C10H4BrF3N2S/c11-6-2-7(17-4-6)9-5(3-15)1-8(16-9)10(12,13)14/h1-2,4,16H. The summed E-state index contributed by atoms with van der Waals surface area (Å²) in [7, 11) is 0. The molecule has 88 valence electrons. The van der Waals surface area contributed by atoms with E-state index >= 15 is 0 Å². The summed E-state index contributed by atoms with van der Waals surface area (Å²) < 4.78 is 38.2. The first-order valence-corrected chi connectivity index (χ1v) is 6.04. The topological polar surface area (TPSA) is 39.6 Å². The Morgan fingerprint density at radius 1 is 1.35 bits per heavy atom. The van der Waals surface area contributed by atoms with Crippen molar-refractivity contribution < 1.29 is 13.2 Å². The van der Waals surface area contributed by atoms with Crippen LogP contribution in [0.3, 0.4) is 0 Å². The number of alkyl halides is 3. The van der Waals surface area contributed by atoms with Crippen LogP contribution in [0.15, 0.2) is 22.0 Å². The Kier molecular flexibility index (Phi) is 3.02. The molecule has 17 heavy (non-hydrogen) atoms. The van der Waals surface area contributed by atoms with Crippen LogP contribution in [0.4, 0.5) is 13.2 Å². The number of halogens is 4. The van der Waals surface area contributed by atoms with Crippen molar-refractivity contribution in [1.82, 2.24) is 4.98 Å². The molecule has 0 bridgehead atoms. The molecule has 0 saturated heterocycles. The number of aromatic nitrogens is 1. The van der Waals surface area contributed by atoms with Gasteiger partial charge in [-0.1, -0.05) is 0 Å². The lowest BCUT2D eigenvalue weighted by Crippen LogP contribution is -2.04. The zero-order valence-corrected chi connectivity index (χ0v) is 10.5. The molecule has 0 spiro atoms. The Bertz CT molecular complexity index is 591. The van der Waals surface area contributed by atoms with Gasteiger partial charge >= 0.3 is 6.18 Å². The summed E-state index contributed by atoms with van der Waals surface area (Å²) in [5.41, 5.74) is -0.712. The van der Waals surface area contributed by atoms with Crippen molar-refractivity contribution in [3.05, 3.63) is 33.2 Å². The van der Waals surface area contributed by atoms with Gasteiger partial charge in [-0.15, -0.1) is 11.3 Å². The third kappa shape index (κ3) is 2.37. The minimum Gasteiger partial charge on any atom is -0.349 e. The molecule has 2 aromatic heterocycles. The van der Waals surface area contributed by atoms with Gasteiger partial charge in [0.2, 0.25) is 0 Å². The lowest BCUT2D eigenvalue weighted by atomic mass is 10.2. The molecule has 2 nitrogen and oxygen atoms in total. The summed E-state index contributed by atoms with van der Waals surface area (Å²) in [6.07, 6.45) is -4.47. The number of nitrogens with one attached hydrogen (secondary N) is 1. The minimum atomic E-state index is -4.47. The molecule has 0 aromatic carbocycles. The first-order valence-electron chi connectivity index (χ1n) is 4.36. The summed E-state index contributed by atoms with van der Waals surface area (Å²) in [5.74, 6) is 0. The van der Waals surface area contributed by atoms with Gasteiger partial charge in [0, 0.05) is 9.85 Å². The van der Waals surface area contributed by atoms with Crippen LogP contribution in [-0.2, 0) is 6.18 Å². The molecule has 0 aliphatic heterocycles. The van der Waals surface area contributed by atoms with Crippen molar-refractivity contribution in [2.24, 2.45) is 0 Å². The average Bonchev–Trinajstić information content (AvgIpc) is 2.81. The molecule has 0 radical (unpaired) electrons. The minimum absolute atomic E-state index is 0.00771. The van der Waals surface area contributed by atoms with Gasteiger partial charge in [0.15, 0.2) is 0 Å². The van der Waals surface area contributed by atoms with Gasteiger partial charge in [0.1, 0.15) is 11.8 Å². The Balaban J connectivity index is 2.55. The summed E-state index contributed by atoms with van der Waals surface area (Å²) in [5, 5.41) is 10.6. The lowest BCUT2D eigenvalue weighted by Gasteiger charge is -2.01. The monoisotopic (exact) mass is 320 g/mol. The lowest BCUT2D eigenvalue weighted by molar-refractivity contribution is -0.140. The van der Waals surface area contributed by atoms with Crippen molar-refractivity contribution in [2.75, 3.05) is 0 Å². The summed E-state index contributed by atoms with van der Waals surface area (Å²) in [6.45, 7) is 0. The second kappa shape index (κ2) is 4.20. The van der Waals surface area contributed by atoms with Crippen LogP contribution in [0.25, 0.3) is 10.6 Å². The maximum Gasteiger partial charge on any atom is 0.431 e. The highest BCUT2D eigenvalue weighted by Gasteiger charge is 2.33. The van der Waals surface area contributed by atoms with Crippen molar-refractivity contribution in [3.63, 3.8) is 0 Å². The van der Waals surface area contributed by atoms with Crippen LogP contribution >= 0.6 is 27.3 Å².